The molecule has 0 amide bonds. The molecule has 0 saturated carbocycles. The summed E-state index contributed by atoms with van der Waals surface area (Å²) < 4.78 is 14.7. The van der Waals surface area contributed by atoms with Crippen molar-refractivity contribution in [1.29, 1.82) is 0 Å². The van der Waals surface area contributed by atoms with Crippen molar-refractivity contribution in [2.45, 2.75) is 6.92 Å². The van der Waals surface area contributed by atoms with Crippen LogP contribution in [0.5, 0.6) is 0 Å². The normalized spacial score (nSPS) is 10.8. The maximum atomic E-state index is 13.2. The maximum absolute atomic E-state index is 13.2. The van der Waals surface area contributed by atoms with Gasteiger partial charge >= 0.3 is 0 Å². The van der Waals surface area contributed by atoms with Crippen molar-refractivity contribution < 1.29 is 4.39 Å². The number of nitrogens with zero attached hydrogens (tertiary/aromatic N) is 4. The van der Waals surface area contributed by atoms with Crippen molar-refractivity contribution in [3.63, 3.8) is 0 Å². The SMILES string of the molecule is Cc1cc(F)ccc1-n1nnnc1-c1cc(Cl)ccc1N. The third kappa shape index (κ3) is 2.45. The quantitative estimate of drug-likeness (QED) is 0.739. The van der Waals surface area contributed by atoms with Gasteiger partial charge in [-0.1, -0.05) is 11.6 Å². The highest BCUT2D eigenvalue weighted by molar-refractivity contribution is 6.31. The number of aromatic nitrogens is 4. The van der Waals surface area contributed by atoms with E-state index in [0.29, 0.717) is 33.3 Å². The van der Waals surface area contributed by atoms with E-state index in [-0.39, 0.29) is 5.82 Å². The number of anilines is 1. The van der Waals surface area contributed by atoms with Crippen LogP contribution < -0.4 is 5.73 Å². The molecular weight excluding hydrogens is 293 g/mol. The summed E-state index contributed by atoms with van der Waals surface area (Å²) in [6.07, 6.45) is 0. The summed E-state index contributed by atoms with van der Waals surface area (Å²) in [5.41, 5.74) is 8.48. The number of rotatable bonds is 2. The van der Waals surface area contributed by atoms with Gasteiger partial charge in [0.1, 0.15) is 5.82 Å². The van der Waals surface area contributed by atoms with Gasteiger partial charge < -0.3 is 5.73 Å². The number of tetrazole rings is 1. The van der Waals surface area contributed by atoms with Gasteiger partial charge in [-0.2, -0.15) is 4.68 Å². The summed E-state index contributed by atoms with van der Waals surface area (Å²) in [5.74, 6) is 0.137. The predicted octanol–water partition coefficient (Wildman–Crippen LogP) is 3.01. The van der Waals surface area contributed by atoms with Gasteiger partial charge in [-0.05, 0) is 59.3 Å². The summed E-state index contributed by atoms with van der Waals surface area (Å²) >= 11 is 6.00. The topological polar surface area (TPSA) is 69.6 Å². The number of hydrogen-bond donors (Lipinski definition) is 1. The van der Waals surface area contributed by atoms with Crippen molar-refractivity contribution in [2.24, 2.45) is 0 Å². The molecule has 2 aromatic carbocycles. The molecule has 0 radical (unpaired) electrons. The lowest BCUT2D eigenvalue weighted by atomic mass is 10.1. The second-order valence-electron chi connectivity index (χ2n) is 4.58. The number of halogens is 2. The molecule has 21 heavy (non-hydrogen) atoms. The Balaban J connectivity index is 2.19. The molecule has 0 fully saturated rings. The van der Waals surface area contributed by atoms with Crippen molar-refractivity contribution >= 4 is 17.3 Å². The Morgan fingerprint density at radius 1 is 1.19 bits per heavy atom. The van der Waals surface area contributed by atoms with Crippen LogP contribution >= 0.6 is 11.6 Å². The molecule has 0 aliphatic rings. The minimum Gasteiger partial charge on any atom is -0.398 e. The van der Waals surface area contributed by atoms with Crippen LogP contribution in [0.3, 0.4) is 0 Å². The molecule has 3 rings (SSSR count). The Morgan fingerprint density at radius 2 is 2.00 bits per heavy atom. The van der Waals surface area contributed by atoms with Gasteiger partial charge in [-0.15, -0.1) is 5.10 Å². The molecule has 106 valence electrons. The molecule has 1 heterocycles. The van der Waals surface area contributed by atoms with Crippen LogP contribution in [0.2, 0.25) is 5.02 Å². The van der Waals surface area contributed by atoms with E-state index >= 15 is 0 Å². The smallest absolute Gasteiger partial charge is 0.189 e. The molecule has 2 N–H and O–H groups in total. The van der Waals surface area contributed by atoms with Crippen LogP contribution in [0.25, 0.3) is 17.1 Å². The van der Waals surface area contributed by atoms with E-state index in [1.54, 1.807) is 31.2 Å². The Hall–Kier alpha value is -2.47. The Labute approximate surface area is 125 Å². The highest BCUT2D eigenvalue weighted by atomic mass is 35.5. The fourth-order valence-corrected chi connectivity index (χ4v) is 2.27. The number of hydrogen-bond acceptors (Lipinski definition) is 4. The molecule has 0 spiro atoms. The Bertz CT molecular complexity index is 815. The van der Waals surface area contributed by atoms with Gasteiger partial charge in [0, 0.05) is 16.3 Å². The van der Waals surface area contributed by atoms with Gasteiger partial charge in [0.25, 0.3) is 0 Å². The molecule has 0 aliphatic heterocycles. The lowest BCUT2D eigenvalue weighted by molar-refractivity contribution is 0.625. The zero-order valence-electron chi connectivity index (χ0n) is 11.1. The molecule has 0 saturated heterocycles. The second kappa shape index (κ2) is 5.14. The van der Waals surface area contributed by atoms with E-state index in [9.17, 15) is 4.39 Å². The zero-order valence-corrected chi connectivity index (χ0v) is 11.8. The van der Waals surface area contributed by atoms with Crippen molar-refractivity contribution in [1.82, 2.24) is 20.2 Å². The summed E-state index contributed by atoms with van der Waals surface area (Å²) in [4.78, 5) is 0. The van der Waals surface area contributed by atoms with Crippen molar-refractivity contribution in [3.8, 4) is 17.1 Å². The molecule has 1 aromatic heterocycles. The van der Waals surface area contributed by atoms with E-state index in [2.05, 4.69) is 15.5 Å². The van der Waals surface area contributed by atoms with Gasteiger partial charge in [0.2, 0.25) is 0 Å². The fourth-order valence-electron chi connectivity index (χ4n) is 2.10. The first-order valence-electron chi connectivity index (χ1n) is 6.16. The van der Waals surface area contributed by atoms with E-state index in [4.69, 9.17) is 17.3 Å². The van der Waals surface area contributed by atoms with E-state index in [1.807, 2.05) is 0 Å². The number of nitrogen functional groups attached to an aromatic ring is 1. The Kier molecular flexibility index (Phi) is 3.31. The number of nitrogens with two attached hydrogens (primary N) is 1. The van der Waals surface area contributed by atoms with E-state index in [1.165, 1.54) is 16.8 Å². The largest absolute Gasteiger partial charge is 0.398 e. The van der Waals surface area contributed by atoms with Crippen LogP contribution in [-0.2, 0) is 0 Å². The number of aryl methyl sites for hydroxylation is 1. The summed E-state index contributed by atoms with van der Waals surface area (Å²) in [6, 6.07) is 9.46. The highest BCUT2D eigenvalue weighted by Crippen LogP contribution is 2.29. The first-order chi connectivity index (χ1) is 10.1. The van der Waals surface area contributed by atoms with Crippen molar-refractivity contribution in [2.75, 3.05) is 5.73 Å². The Morgan fingerprint density at radius 3 is 2.76 bits per heavy atom. The van der Waals surface area contributed by atoms with Gasteiger partial charge in [0.05, 0.1) is 5.69 Å². The molecular formula is C14H11ClFN5. The fraction of sp³-hybridized carbons (Fsp3) is 0.0714. The highest BCUT2D eigenvalue weighted by Gasteiger charge is 2.15. The van der Waals surface area contributed by atoms with Crippen LogP contribution in [0, 0.1) is 12.7 Å². The third-order valence-corrected chi connectivity index (χ3v) is 3.35. The standard InChI is InChI=1S/C14H11ClFN5/c1-8-6-10(16)3-5-13(8)21-14(18-19-20-21)11-7-9(15)2-4-12(11)17/h2-7H,17H2,1H3. The third-order valence-electron chi connectivity index (χ3n) is 3.11. The number of benzene rings is 2. The van der Waals surface area contributed by atoms with Gasteiger partial charge in [-0.25, -0.2) is 4.39 Å². The van der Waals surface area contributed by atoms with Gasteiger partial charge in [0.15, 0.2) is 5.82 Å². The zero-order chi connectivity index (χ0) is 15.0. The maximum Gasteiger partial charge on any atom is 0.189 e. The summed E-state index contributed by atoms with van der Waals surface area (Å²) in [5, 5.41) is 12.2. The van der Waals surface area contributed by atoms with Gasteiger partial charge in [-0.3, -0.25) is 0 Å². The monoisotopic (exact) mass is 303 g/mol. The van der Waals surface area contributed by atoms with Crippen LogP contribution in [0.15, 0.2) is 36.4 Å². The lowest BCUT2D eigenvalue weighted by Gasteiger charge is -2.09. The van der Waals surface area contributed by atoms with Crippen LogP contribution in [-0.4, -0.2) is 20.2 Å². The first kappa shape index (κ1) is 13.5. The molecule has 0 bridgehead atoms. The second-order valence-corrected chi connectivity index (χ2v) is 5.01. The summed E-state index contributed by atoms with van der Waals surface area (Å²) in [6.45, 7) is 1.78. The summed E-state index contributed by atoms with van der Waals surface area (Å²) in [7, 11) is 0. The first-order valence-corrected chi connectivity index (χ1v) is 6.54. The average molecular weight is 304 g/mol. The van der Waals surface area contributed by atoms with Crippen molar-refractivity contribution in [3.05, 3.63) is 52.8 Å². The van der Waals surface area contributed by atoms with Crippen LogP contribution in [0.4, 0.5) is 10.1 Å². The molecule has 3 aromatic rings. The predicted molar refractivity (Wildman–Crippen MR) is 78.7 cm³/mol. The van der Waals surface area contributed by atoms with Crippen LogP contribution in [0.1, 0.15) is 5.56 Å². The lowest BCUT2D eigenvalue weighted by Crippen LogP contribution is -2.04. The molecule has 5 nitrogen and oxygen atoms in total. The molecule has 0 aliphatic carbocycles. The minimum atomic E-state index is -0.312. The average Bonchev–Trinajstić information content (AvgIpc) is 2.90. The molecule has 0 unspecified atom stereocenters. The van der Waals surface area contributed by atoms with E-state index < -0.39 is 0 Å². The minimum absolute atomic E-state index is 0.312. The molecule has 7 heteroatoms. The van der Waals surface area contributed by atoms with E-state index in [0.717, 1.165) is 0 Å². The molecule has 0 atom stereocenters.